The molecule has 8 heteroatoms. The van der Waals surface area contributed by atoms with Gasteiger partial charge in [-0.15, -0.1) is 0 Å². The van der Waals surface area contributed by atoms with E-state index in [0.717, 1.165) is 10.8 Å². The first-order valence-electron chi connectivity index (χ1n) is 10.7. The molecule has 1 heterocycles. The summed E-state index contributed by atoms with van der Waals surface area (Å²) in [4.78, 5) is 42.2. The molecule has 0 fully saturated rings. The molecule has 0 aromatic heterocycles. The Labute approximate surface area is 202 Å². The minimum Gasteiger partial charge on any atom is -0.355 e. The van der Waals surface area contributed by atoms with E-state index in [1.807, 2.05) is 37.3 Å². The van der Waals surface area contributed by atoms with Crippen LogP contribution in [-0.2, 0) is 16.1 Å². The predicted octanol–water partition coefficient (Wildman–Crippen LogP) is 4.66. The monoisotopic (exact) mass is 483 g/mol. The van der Waals surface area contributed by atoms with Gasteiger partial charge in [0.1, 0.15) is 12.6 Å². The molecule has 0 aliphatic carbocycles. The van der Waals surface area contributed by atoms with Crippen molar-refractivity contribution in [2.24, 2.45) is 0 Å². The van der Waals surface area contributed by atoms with E-state index in [4.69, 9.17) is 23.2 Å². The Bertz CT molecular complexity index is 1240. The lowest BCUT2D eigenvalue weighted by Gasteiger charge is -2.31. The van der Waals surface area contributed by atoms with Crippen molar-refractivity contribution in [3.05, 3.63) is 75.8 Å². The Morgan fingerprint density at radius 2 is 1.67 bits per heavy atom. The van der Waals surface area contributed by atoms with Gasteiger partial charge in [-0.1, -0.05) is 53.5 Å². The van der Waals surface area contributed by atoms with Gasteiger partial charge in [0.15, 0.2) is 0 Å². The highest BCUT2D eigenvalue weighted by Gasteiger charge is 2.34. The zero-order chi connectivity index (χ0) is 23.7. The largest absolute Gasteiger partial charge is 0.355 e. The van der Waals surface area contributed by atoms with Crippen LogP contribution in [0.2, 0.25) is 10.0 Å². The number of nitrogens with zero attached hydrogens (tertiary/aromatic N) is 2. The van der Waals surface area contributed by atoms with Gasteiger partial charge in [-0.25, -0.2) is 0 Å². The lowest BCUT2D eigenvalue weighted by atomic mass is 10.1. The molecule has 1 aliphatic heterocycles. The van der Waals surface area contributed by atoms with E-state index in [9.17, 15) is 14.4 Å². The second-order valence-corrected chi connectivity index (χ2v) is 8.68. The maximum absolute atomic E-state index is 13.6. The summed E-state index contributed by atoms with van der Waals surface area (Å²) >= 11 is 12.7. The fourth-order valence-electron chi connectivity index (χ4n) is 4.12. The Balaban J connectivity index is 1.67. The Hall–Kier alpha value is -3.09. The van der Waals surface area contributed by atoms with Crippen molar-refractivity contribution in [1.82, 2.24) is 10.2 Å². The zero-order valence-electron chi connectivity index (χ0n) is 18.3. The average Bonchev–Trinajstić information content (AvgIpc) is 3.06. The first kappa shape index (κ1) is 23.1. The van der Waals surface area contributed by atoms with Crippen molar-refractivity contribution < 1.29 is 14.4 Å². The molecule has 1 N–H and O–H groups in total. The zero-order valence-corrected chi connectivity index (χ0v) is 19.8. The molecule has 1 atom stereocenters. The van der Waals surface area contributed by atoms with Crippen LogP contribution >= 0.6 is 23.2 Å². The van der Waals surface area contributed by atoms with Crippen molar-refractivity contribution in [1.29, 1.82) is 0 Å². The molecule has 4 rings (SSSR count). The lowest BCUT2D eigenvalue weighted by molar-refractivity contribution is -0.139. The minimum absolute atomic E-state index is 0.0365. The van der Waals surface area contributed by atoms with Crippen LogP contribution in [0.1, 0.15) is 29.8 Å². The molecule has 33 heavy (non-hydrogen) atoms. The molecule has 0 spiro atoms. The van der Waals surface area contributed by atoms with Crippen LogP contribution in [0.15, 0.2) is 54.6 Å². The van der Waals surface area contributed by atoms with Crippen molar-refractivity contribution in [3.8, 4) is 0 Å². The first-order valence-corrected chi connectivity index (χ1v) is 11.4. The van der Waals surface area contributed by atoms with Gasteiger partial charge in [-0.3, -0.25) is 19.3 Å². The molecule has 0 radical (unpaired) electrons. The fourth-order valence-corrected chi connectivity index (χ4v) is 4.64. The fraction of sp³-hybridized carbons (Fsp3) is 0.240. The van der Waals surface area contributed by atoms with Gasteiger partial charge in [0.05, 0.1) is 5.69 Å². The number of rotatable bonds is 7. The highest BCUT2D eigenvalue weighted by molar-refractivity contribution is 6.36. The third kappa shape index (κ3) is 4.28. The Morgan fingerprint density at radius 1 is 1.03 bits per heavy atom. The molecule has 0 bridgehead atoms. The highest BCUT2D eigenvalue weighted by Crippen LogP contribution is 2.37. The molecule has 1 aliphatic rings. The van der Waals surface area contributed by atoms with Crippen molar-refractivity contribution in [2.45, 2.75) is 26.4 Å². The molecular weight excluding hydrogens is 461 g/mol. The number of anilines is 1. The van der Waals surface area contributed by atoms with Crippen LogP contribution < -0.4 is 10.2 Å². The third-order valence-corrected chi connectivity index (χ3v) is 6.56. The van der Waals surface area contributed by atoms with Crippen LogP contribution in [0.3, 0.4) is 0 Å². The minimum atomic E-state index is -0.791. The van der Waals surface area contributed by atoms with Crippen LogP contribution in [-0.4, -0.2) is 41.8 Å². The van der Waals surface area contributed by atoms with Gasteiger partial charge in [0.25, 0.3) is 5.91 Å². The lowest BCUT2D eigenvalue weighted by Crippen LogP contribution is -2.51. The van der Waals surface area contributed by atoms with E-state index in [1.165, 1.54) is 9.80 Å². The third-order valence-electron chi connectivity index (χ3n) is 5.85. The van der Waals surface area contributed by atoms with Gasteiger partial charge < -0.3 is 10.2 Å². The molecule has 0 unspecified atom stereocenters. The summed E-state index contributed by atoms with van der Waals surface area (Å²) in [7, 11) is 0. The highest BCUT2D eigenvalue weighted by atomic mass is 35.5. The number of likely N-dealkylation sites (N-methyl/N-ethyl adjacent to an activating group) is 1. The van der Waals surface area contributed by atoms with Crippen LogP contribution in [0.5, 0.6) is 0 Å². The summed E-state index contributed by atoms with van der Waals surface area (Å²) < 4.78 is 0. The molecule has 0 saturated heterocycles. The molecule has 3 aromatic carbocycles. The molecule has 0 saturated carbocycles. The van der Waals surface area contributed by atoms with Crippen molar-refractivity contribution in [2.75, 3.05) is 18.0 Å². The van der Waals surface area contributed by atoms with Crippen molar-refractivity contribution in [3.63, 3.8) is 0 Å². The van der Waals surface area contributed by atoms with Crippen LogP contribution in [0, 0.1) is 0 Å². The van der Waals surface area contributed by atoms with E-state index < -0.39 is 6.04 Å². The topological polar surface area (TPSA) is 69.7 Å². The predicted molar refractivity (Wildman–Crippen MR) is 131 cm³/mol. The number of carbonyl (C=O) groups excluding carboxylic acids is 3. The summed E-state index contributed by atoms with van der Waals surface area (Å²) in [5.41, 5.74) is 1.79. The Kier molecular flexibility index (Phi) is 6.58. The molecule has 3 amide bonds. The normalized spacial score (nSPS) is 13.3. The Morgan fingerprint density at radius 3 is 2.33 bits per heavy atom. The summed E-state index contributed by atoms with van der Waals surface area (Å²) in [6.07, 6.45) is 0. The molecule has 6 nitrogen and oxygen atoms in total. The van der Waals surface area contributed by atoms with Gasteiger partial charge >= 0.3 is 0 Å². The van der Waals surface area contributed by atoms with Crippen molar-refractivity contribution >= 4 is 57.4 Å². The van der Waals surface area contributed by atoms with Gasteiger partial charge in [-0.05, 0) is 43.5 Å². The van der Waals surface area contributed by atoms with E-state index in [1.54, 1.807) is 31.2 Å². The number of hydrogen-bond donors (Lipinski definition) is 1. The van der Waals surface area contributed by atoms with E-state index in [2.05, 4.69) is 5.32 Å². The standard InChI is InChI=1S/C25H23Cl2N3O3/c1-3-28-24(32)15(2)29(13-18-19(26)10-6-11-20(18)27)22(31)14-30-21-12-5-8-16-7-4-9-17(23(16)21)25(30)33/h4-12,15H,3,13-14H2,1-2H3,(H,28,32)/t15-/m1/s1. The smallest absolute Gasteiger partial charge is 0.259 e. The average molecular weight is 484 g/mol. The summed E-state index contributed by atoms with van der Waals surface area (Å²) in [6, 6.07) is 15.4. The van der Waals surface area contributed by atoms with Gasteiger partial charge in [0.2, 0.25) is 11.8 Å². The second kappa shape index (κ2) is 9.41. The molecular formula is C25H23Cl2N3O3. The number of benzene rings is 3. The quantitative estimate of drug-likeness (QED) is 0.531. The summed E-state index contributed by atoms with van der Waals surface area (Å²) in [5, 5.41) is 5.31. The van der Waals surface area contributed by atoms with E-state index >= 15 is 0 Å². The maximum atomic E-state index is 13.6. The van der Waals surface area contributed by atoms with Crippen LogP contribution in [0.25, 0.3) is 10.8 Å². The number of carbonyl (C=O) groups is 3. The first-order chi connectivity index (χ1) is 15.8. The van der Waals surface area contributed by atoms with Gasteiger partial charge in [0, 0.05) is 39.6 Å². The number of halogens is 2. The molecule has 170 valence electrons. The maximum Gasteiger partial charge on any atom is 0.259 e. The summed E-state index contributed by atoms with van der Waals surface area (Å²) in [6.45, 7) is 3.71. The van der Waals surface area contributed by atoms with E-state index in [-0.39, 0.29) is 30.8 Å². The number of hydrogen-bond acceptors (Lipinski definition) is 3. The number of amides is 3. The number of nitrogens with one attached hydrogen (secondary N) is 1. The SMILES string of the molecule is CCNC(=O)[C@@H](C)N(Cc1c(Cl)cccc1Cl)C(=O)CN1C(=O)c2cccc3cccc1c23. The van der Waals surface area contributed by atoms with Gasteiger partial charge in [-0.2, -0.15) is 0 Å². The summed E-state index contributed by atoms with van der Waals surface area (Å²) in [5.74, 6) is -0.924. The van der Waals surface area contributed by atoms with Crippen LogP contribution in [0.4, 0.5) is 5.69 Å². The second-order valence-electron chi connectivity index (χ2n) is 7.86. The molecule has 3 aromatic rings. The van der Waals surface area contributed by atoms with E-state index in [0.29, 0.717) is 33.4 Å².